The average molecular weight is 227 g/mol. The first-order valence-corrected chi connectivity index (χ1v) is 5.42. The third-order valence-corrected chi connectivity index (χ3v) is 3.39. The molecule has 0 saturated carbocycles. The molecule has 6 nitrogen and oxygen atoms in total. The normalized spacial score (nSPS) is 35.2. The van der Waals surface area contributed by atoms with E-state index in [1.165, 1.54) is 0 Å². The van der Waals surface area contributed by atoms with Gasteiger partial charge < -0.3 is 10.4 Å². The van der Waals surface area contributed by atoms with Crippen molar-refractivity contribution in [3.8, 4) is 0 Å². The van der Waals surface area contributed by atoms with Crippen LogP contribution in [0.5, 0.6) is 0 Å². The minimum Gasteiger partial charge on any atom is -0.390 e. The molecule has 2 atom stereocenters. The Bertz CT molecular complexity index is 329. The molecule has 2 rings (SSSR count). The standard InChI is InChI=1S/C10H17N3O3/c1-10(2)9(16)12-8(15)5-13(10)6-3-11-4-7(6)14/h6-7,11,14H,3-5H2,1-2H3,(H,12,15,16). The van der Waals surface area contributed by atoms with Crippen molar-refractivity contribution >= 4 is 11.8 Å². The number of hydrogen-bond donors (Lipinski definition) is 3. The van der Waals surface area contributed by atoms with Crippen LogP contribution in [0.15, 0.2) is 0 Å². The second-order valence-corrected chi connectivity index (χ2v) is 4.86. The van der Waals surface area contributed by atoms with Gasteiger partial charge in [-0.2, -0.15) is 0 Å². The summed E-state index contributed by atoms with van der Waals surface area (Å²) in [5, 5.41) is 15.2. The zero-order chi connectivity index (χ0) is 11.9. The van der Waals surface area contributed by atoms with Crippen molar-refractivity contribution in [2.75, 3.05) is 19.6 Å². The lowest BCUT2D eigenvalue weighted by Gasteiger charge is -2.44. The predicted octanol–water partition coefficient (Wildman–Crippen LogP) is -1.94. The maximum atomic E-state index is 11.7. The number of hydrogen-bond acceptors (Lipinski definition) is 5. The van der Waals surface area contributed by atoms with E-state index in [4.69, 9.17) is 0 Å². The number of nitrogens with zero attached hydrogens (tertiary/aromatic N) is 1. The van der Waals surface area contributed by atoms with Gasteiger partial charge >= 0.3 is 0 Å². The number of nitrogens with one attached hydrogen (secondary N) is 2. The van der Waals surface area contributed by atoms with Crippen molar-refractivity contribution in [1.29, 1.82) is 0 Å². The molecule has 2 saturated heterocycles. The Morgan fingerprint density at radius 2 is 2.06 bits per heavy atom. The molecule has 0 radical (unpaired) electrons. The van der Waals surface area contributed by atoms with Gasteiger partial charge in [0.2, 0.25) is 11.8 Å². The first-order chi connectivity index (χ1) is 7.43. The molecule has 2 unspecified atom stereocenters. The molecule has 3 N–H and O–H groups in total. The third-order valence-electron chi connectivity index (χ3n) is 3.39. The van der Waals surface area contributed by atoms with Crippen molar-refractivity contribution in [1.82, 2.24) is 15.5 Å². The first kappa shape index (κ1) is 11.5. The van der Waals surface area contributed by atoms with Gasteiger partial charge in [-0.15, -0.1) is 0 Å². The number of aliphatic hydroxyl groups is 1. The molecule has 16 heavy (non-hydrogen) atoms. The molecule has 2 fully saturated rings. The second kappa shape index (κ2) is 3.80. The second-order valence-electron chi connectivity index (χ2n) is 4.86. The van der Waals surface area contributed by atoms with E-state index in [0.29, 0.717) is 13.1 Å². The lowest BCUT2D eigenvalue weighted by molar-refractivity contribution is -0.148. The third kappa shape index (κ3) is 1.73. The monoisotopic (exact) mass is 227 g/mol. The summed E-state index contributed by atoms with van der Waals surface area (Å²) in [6, 6.07) is -0.176. The van der Waals surface area contributed by atoms with Gasteiger partial charge in [-0.1, -0.05) is 0 Å². The van der Waals surface area contributed by atoms with E-state index in [1.54, 1.807) is 18.7 Å². The minimum atomic E-state index is -0.758. The largest absolute Gasteiger partial charge is 0.390 e. The van der Waals surface area contributed by atoms with E-state index in [0.717, 1.165) is 0 Å². The van der Waals surface area contributed by atoms with Crippen LogP contribution in [0.1, 0.15) is 13.8 Å². The summed E-state index contributed by atoms with van der Waals surface area (Å²) >= 11 is 0. The van der Waals surface area contributed by atoms with Gasteiger partial charge in [0, 0.05) is 13.1 Å². The summed E-state index contributed by atoms with van der Waals surface area (Å²) < 4.78 is 0. The Morgan fingerprint density at radius 3 is 2.62 bits per heavy atom. The Hall–Kier alpha value is -0.980. The fraction of sp³-hybridized carbons (Fsp3) is 0.800. The first-order valence-electron chi connectivity index (χ1n) is 5.42. The molecule has 0 aliphatic carbocycles. The minimum absolute atomic E-state index is 0.155. The Labute approximate surface area is 94.0 Å². The number of piperazine rings is 1. The highest BCUT2D eigenvalue weighted by atomic mass is 16.3. The molecular formula is C10H17N3O3. The summed E-state index contributed by atoms with van der Waals surface area (Å²) in [6.45, 7) is 4.79. The Kier molecular flexibility index (Phi) is 2.73. The number of β-amino-alcohol motifs (C(OH)–C–C–N with tert-alkyl or cyclic N) is 1. The van der Waals surface area contributed by atoms with Gasteiger partial charge in [0.25, 0.3) is 0 Å². The summed E-state index contributed by atoms with van der Waals surface area (Å²) in [5.41, 5.74) is -0.758. The predicted molar refractivity (Wildman–Crippen MR) is 56.6 cm³/mol. The summed E-state index contributed by atoms with van der Waals surface area (Å²) in [4.78, 5) is 24.9. The topological polar surface area (TPSA) is 81.7 Å². The van der Waals surface area contributed by atoms with Crippen LogP contribution in [0.2, 0.25) is 0 Å². The van der Waals surface area contributed by atoms with Crippen LogP contribution < -0.4 is 10.6 Å². The number of rotatable bonds is 1. The van der Waals surface area contributed by atoms with E-state index in [1.807, 2.05) is 0 Å². The van der Waals surface area contributed by atoms with E-state index in [2.05, 4.69) is 10.6 Å². The van der Waals surface area contributed by atoms with E-state index >= 15 is 0 Å². The molecule has 0 aromatic carbocycles. The van der Waals surface area contributed by atoms with Gasteiger partial charge in [-0.05, 0) is 13.8 Å². The van der Waals surface area contributed by atoms with Gasteiger partial charge in [0.15, 0.2) is 0 Å². The Morgan fingerprint density at radius 1 is 1.38 bits per heavy atom. The lowest BCUT2D eigenvalue weighted by Crippen LogP contribution is -2.68. The fourth-order valence-corrected chi connectivity index (χ4v) is 2.30. The van der Waals surface area contributed by atoms with E-state index in [9.17, 15) is 14.7 Å². The van der Waals surface area contributed by atoms with Crippen molar-refractivity contribution in [2.45, 2.75) is 31.5 Å². The SMILES string of the molecule is CC1(C)C(=O)NC(=O)CN1C1CNCC1O. The van der Waals surface area contributed by atoms with Crippen LogP contribution in [0.4, 0.5) is 0 Å². The van der Waals surface area contributed by atoms with Crippen molar-refractivity contribution in [2.24, 2.45) is 0 Å². The van der Waals surface area contributed by atoms with Gasteiger partial charge in [0.05, 0.1) is 24.2 Å². The van der Waals surface area contributed by atoms with E-state index in [-0.39, 0.29) is 24.4 Å². The molecule has 2 aliphatic rings. The van der Waals surface area contributed by atoms with Crippen LogP contribution in [0, 0.1) is 0 Å². The van der Waals surface area contributed by atoms with Crippen molar-refractivity contribution in [3.05, 3.63) is 0 Å². The Balaban J connectivity index is 2.23. The average Bonchev–Trinajstić information content (AvgIpc) is 2.58. The van der Waals surface area contributed by atoms with Crippen LogP contribution in [0.3, 0.4) is 0 Å². The molecule has 2 heterocycles. The van der Waals surface area contributed by atoms with E-state index < -0.39 is 11.6 Å². The molecule has 6 heteroatoms. The number of carbonyl (C=O) groups is 2. The zero-order valence-electron chi connectivity index (χ0n) is 9.49. The molecule has 0 bridgehead atoms. The smallest absolute Gasteiger partial charge is 0.246 e. The highest BCUT2D eigenvalue weighted by molar-refractivity contribution is 6.03. The molecule has 0 aromatic rings. The van der Waals surface area contributed by atoms with Crippen LogP contribution >= 0.6 is 0 Å². The summed E-state index contributed by atoms with van der Waals surface area (Å²) in [5.74, 6) is -0.605. The highest BCUT2D eigenvalue weighted by Crippen LogP contribution is 2.23. The summed E-state index contributed by atoms with van der Waals surface area (Å²) in [7, 11) is 0. The van der Waals surface area contributed by atoms with Crippen LogP contribution in [0.25, 0.3) is 0 Å². The van der Waals surface area contributed by atoms with Crippen LogP contribution in [-0.2, 0) is 9.59 Å². The number of aliphatic hydroxyl groups excluding tert-OH is 1. The van der Waals surface area contributed by atoms with Gasteiger partial charge in [-0.3, -0.25) is 19.8 Å². The maximum Gasteiger partial charge on any atom is 0.246 e. The molecule has 0 aromatic heterocycles. The quantitative estimate of drug-likeness (QED) is 0.454. The number of carbonyl (C=O) groups excluding carboxylic acids is 2. The molecule has 90 valence electrons. The molecule has 2 amide bonds. The molecule has 0 spiro atoms. The molecule has 2 aliphatic heterocycles. The van der Waals surface area contributed by atoms with Crippen molar-refractivity contribution < 1.29 is 14.7 Å². The zero-order valence-corrected chi connectivity index (χ0v) is 9.49. The summed E-state index contributed by atoms with van der Waals surface area (Å²) in [6.07, 6.45) is -0.530. The number of amides is 2. The maximum absolute atomic E-state index is 11.7. The lowest BCUT2D eigenvalue weighted by atomic mass is 9.95. The van der Waals surface area contributed by atoms with Crippen LogP contribution in [-0.4, -0.2) is 59.1 Å². The number of imide groups is 1. The van der Waals surface area contributed by atoms with Crippen molar-refractivity contribution in [3.63, 3.8) is 0 Å². The highest BCUT2D eigenvalue weighted by Gasteiger charge is 2.46. The van der Waals surface area contributed by atoms with Gasteiger partial charge in [0.1, 0.15) is 0 Å². The fourth-order valence-electron chi connectivity index (χ4n) is 2.30. The van der Waals surface area contributed by atoms with Gasteiger partial charge in [-0.25, -0.2) is 0 Å². The molecular weight excluding hydrogens is 210 g/mol.